The van der Waals surface area contributed by atoms with E-state index in [0.29, 0.717) is 6.04 Å². The third kappa shape index (κ3) is 4.00. The van der Waals surface area contributed by atoms with Gasteiger partial charge in [-0.1, -0.05) is 28.4 Å². The number of ether oxygens (including phenoxy) is 1. The second-order valence-electron chi connectivity index (χ2n) is 4.72. The van der Waals surface area contributed by atoms with Crippen molar-refractivity contribution in [3.05, 3.63) is 28.7 Å². The van der Waals surface area contributed by atoms with Gasteiger partial charge >= 0.3 is 0 Å². The molecule has 0 aromatic heterocycles. The number of hydrogen-bond acceptors (Lipinski definition) is 2. The summed E-state index contributed by atoms with van der Waals surface area (Å²) in [5.41, 5.74) is 0. The van der Waals surface area contributed by atoms with Crippen LogP contribution >= 0.6 is 15.9 Å². The van der Waals surface area contributed by atoms with Crippen molar-refractivity contribution in [3.8, 4) is 5.75 Å². The van der Waals surface area contributed by atoms with Gasteiger partial charge in [0.1, 0.15) is 5.75 Å². The van der Waals surface area contributed by atoms with Crippen LogP contribution in [0.3, 0.4) is 0 Å². The minimum Gasteiger partial charge on any atom is -0.493 e. The van der Waals surface area contributed by atoms with Crippen molar-refractivity contribution in [1.29, 1.82) is 0 Å². The molecule has 1 fully saturated rings. The van der Waals surface area contributed by atoms with Gasteiger partial charge in [-0.3, -0.25) is 0 Å². The lowest BCUT2D eigenvalue weighted by Crippen LogP contribution is -2.37. The van der Waals surface area contributed by atoms with Crippen LogP contribution in [0.25, 0.3) is 0 Å². The normalized spacial score (nSPS) is 21.4. The third-order valence-electron chi connectivity index (χ3n) is 3.44. The molecule has 1 atom stereocenters. The average molecular weight is 298 g/mol. The van der Waals surface area contributed by atoms with Crippen LogP contribution in [-0.2, 0) is 0 Å². The van der Waals surface area contributed by atoms with E-state index < -0.39 is 0 Å². The molecular weight excluding hydrogens is 278 g/mol. The van der Waals surface area contributed by atoms with Gasteiger partial charge in [-0.15, -0.1) is 0 Å². The van der Waals surface area contributed by atoms with Crippen molar-refractivity contribution in [3.63, 3.8) is 0 Å². The van der Waals surface area contributed by atoms with Crippen LogP contribution in [0.5, 0.6) is 5.75 Å². The van der Waals surface area contributed by atoms with E-state index in [1.807, 2.05) is 24.3 Å². The summed E-state index contributed by atoms with van der Waals surface area (Å²) in [5.74, 6) is 0.956. The zero-order valence-corrected chi connectivity index (χ0v) is 11.9. The van der Waals surface area contributed by atoms with Crippen LogP contribution in [0.4, 0.5) is 0 Å². The first-order chi connectivity index (χ1) is 8.25. The van der Waals surface area contributed by atoms with E-state index in [1.165, 1.54) is 25.8 Å². The van der Waals surface area contributed by atoms with Gasteiger partial charge in [0.25, 0.3) is 0 Å². The van der Waals surface area contributed by atoms with Crippen LogP contribution in [0.1, 0.15) is 25.7 Å². The van der Waals surface area contributed by atoms with Crippen molar-refractivity contribution in [1.82, 2.24) is 4.90 Å². The van der Waals surface area contributed by atoms with Gasteiger partial charge in [0.15, 0.2) is 0 Å². The van der Waals surface area contributed by atoms with Crippen LogP contribution in [-0.4, -0.2) is 31.1 Å². The highest BCUT2D eigenvalue weighted by Gasteiger charge is 2.18. The van der Waals surface area contributed by atoms with E-state index in [-0.39, 0.29) is 0 Å². The molecule has 1 aliphatic rings. The lowest BCUT2D eigenvalue weighted by molar-refractivity contribution is 0.153. The first-order valence-corrected chi connectivity index (χ1v) is 7.13. The fourth-order valence-electron chi connectivity index (χ4n) is 2.38. The monoisotopic (exact) mass is 297 g/mol. The summed E-state index contributed by atoms with van der Waals surface area (Å²) in [5, 5.41) is 0. The lowest BCUT2D eigenvalue weighted by atomic mass is 10.0. The highest BCUT2D eigenvalue weighted by molar-refractivity contribution is 9.10. The minimum atomic E-state index is 0.705. The van der Waals surface area contributed by atoms with Crippen molar-refractivity contribution < 1.29 is 4.74 Å². The Morgan fingerprint density at radius 1 is 1.41 bits per heavy atom. The number of halogens is 1. The predicted molar refractivity (Wildman–Crippen MR) is 74.5 cm³/mol. The van der Waals surface area contributed by atoms with Gasteiger partial charge < -0.3 is 9.64 Å². The fourth-order valence-corrected chi connectivity index (χ4v) is 2.76. The van der Waals surface area contributed by atoms with Gasteiger partial charge in [-0.25, -0.2) is 0 Å². The summed E-state index contributed by atoms with van der Waals surface area (Å²) in [7, 11) is 2.23. The smallest absolute Gasteiger partial charge is 0.120 e. The third-order valence-corrected chi connectivity index (χ3v) is 3.93. The average Bonchev–Trinajstić information content (AvgIpc) is 2.32. The molecular formula is C14H20BrNO. The zero-order chi connectivity index (χ0) is 12.1. The zero-order valence-electron chi connectivity index (χ0n) is 10.4. The molecule has 0 saturated carbocycles. The number of piperidine rings is 1. The van der Waals surface area contributed by atoms with Crippen LogP contribution in [0.2, 0.25) is 0 Å². The van der Waals surface area contributed by atoms with Crippen molar-refractivity contribution in [2.24, 2.45) is 0 Å². The summed E-state index contributed by atoms with van der Waals surface area (Å²) in [4.78, 5) is 2.47. The molecule has 17 heavy (non-hydrogen) atoms. The summed E-state index contributed by atoms with van der Waals surface area (Å²) < 4.78 is 6.86. The Kier molecular flexibility index (Phi) is 4.86. The van der Waals surface area contributed by atoms with E-state index in [2.05, 4.69) is 27.9 Å². The predicted octanol–water partition coefficient (Wildman–Crippen LogP) is 3.70. The second kappa shape index (κ2) is 6.41. The Morgan fingerprint density at radius 2 is 2.29 bits per heavy atom. The molecule has 0 bridgehead atoms. The Balaban J connectivity index is 1.75. The highest BCUT2D eigenvalue weighted by Crippen LogP contribution is 2.20. The van der Waals surface area contributed by atoms with Gasteiger partial charge in [-0.2, -0.15) is 0 Å². The quantitative estimate of drug-likeness (QED) is 0.840. The molecule has 0 spiro atoms. The van der Waals surface area contributed by atoms with Crippen molar-refractivity contribution in [2.45, 2.75) is 31.7 Å². The standard InChI is InChI=1S/C14H20BrNO/c1-16-9-3-2-6-13(16)8-10-17-14-7-4-5-12(15)11-14/h4-5,7,11,13H,2-3,6,8-10H2,1H3. The molecule has 3 heteroatoms. The van der Waals surface area contributed by atoms with Gasteiger partial charge in [0.05, 0.1) is 6.61 Å². The Bertz CT molecular complexity index is 356. The molecule has 0 aliphatic carbocycles. The van der Waals surface area contributed by atoms with E-state index in [9.17, 15) is 0 Å². The first-order valence-electron chi connectivity index (χ1n) is 6.34. The van der Waals surface area contributed by atoms with E-state index in [4.69, 9.17) is 4.74 Å². The molecule has 2 rings (SSSR count). The lowest BCUT2D eigenvalue weighted by Gasteiger charge is -2.32. The summed E-state index contributed by atoms with van der Waals surface area (Å²) in [6.45, 7) is 2.05. The maximum Gasteiger partial charge on any atom is 0.120 e. The maximum absolute atomic E-state index is 5.78. The van der Waals surface area contributed by atoms with Gasteiger partial charge in [0, 0.05) is 10.5 Å². The number of hydrogen-bond donors (Lipinski definition) is 0. The summed E-state index contributed by atoms with van der Waals surface area (Å²) in [6, 6.07) is 8.75. The molecule has 0 amide bonds. The van der Waals surface area contributed by atoms with E-state index >= 15 is 0 Å². The molecule has 1 aromatic rings. The molecule has 1 aliphatic heterocycles. The summed E-state index contributed by atoms with van der Waals surface area (Å²) in [6.07, 6.45) is 5.16. The largest absolute Gasteiger partial charge is 0.493 e. The molecule has 94 valence electrons. The molecule has 0 N–H and O–H groups in total. The van der Waals surface area contributed by atoms with Crippen LogP contribution < -0.4 is 4.74 Å². The molecule has 1 unspecified atom stereocenters. The van der Waals surface area contributed by atoms with Crippen molar-refractivity contribution in [2.75, 3.05) is 20.2 Å². The van der Waals surface area contributed by atoms with E-state index in [1.54, 1.807) is 0 Å². The van der Waals surface area contributed by atoms with Crippen molar-refractivity contribution >= 4 is 15.9 Å². The first kappa shape index (κ1) is 12.9. The minimum absolute atomic E-state index is 0.705. The van der Waals surface area contributed by atoms with Gasteiger partial charge in [-0.05, 0) is 51.1 Å². The fraction of sp³-hybridized carbons (Fsp3) is 0.571. The molecule has 1 saturated heterocycles. The highest BCUT2D eigenvalue weighted by atomic mass is 79.9. The second-order valence-corrected chi connectivity index (χ2v) is 5.64. The molecule has 2 nitrogen and oxygen atoms in total. The maximum atomic E-state index is 5.78. The summed E-state index contributed by atoms with van der Waals surface area (Å²) >= 11 is 3.45. The number of likely N-dealkylation sites (tertiary alicyclic amines) is 1. The molecule has 1 heterocycles. The number of nitrogens with zero attached hydrogens (tertiary/aromatic N) is 1. The van der Waals surface area contributed by atoms with Gasteiger partial charge in [0.2, 0.25) is 0 Å². The van der Waals surface area contributed by atoms with E-state index in [0.717, 1.165) is 23.2 Å². The number of benzene rings is 1. The molecule has 0 radical (unpaired) electrons. The Morgan fingerprint density at radius 3 is 3.06 bits per heavy atom. The number of rotatable bonds is 4. The topological polar surface area (TPSA) is 12.5 Å². The van der Waals surface area contributed by atoms with Crippen LogP contribution in [0, 0.1) is 0 Å². The van der Waals surface area contributed by atoms with Crippen LogP contribution in [0.15, 0.2) is 28.7 Å². The Labute approximate surface area is 112 Å². The Hall–Kier alpha value is -0.540. The SMILES string of the molecule is CN1CCCCC1CCOc1cccc(Br)c1. The molecule has 1 aromatic carbocycles.